The van der Waals surface area contributed by atoms with Crippen LogP contribution < -0.4 is 20.1 Å². The van der Waals surface area contributed by atoms with E-state index in [9.17, 15) is 0 Å². The van der Waals surface area contributed by atoms with Crippen LogP contribution in [0.5, 0.6) is 11.5 Å². The van der Waals surface area contributed by atoms with Gasteiger partial charge in [0.15, 0.2) is 5.96 Å². The Balaban J connectivity index is 0.00000363. The first-order valence-electron chi connectivity index (χ1n) is 11.0. The molecule has 0 saturated carbocycles. The zero-order valence-electron chi connectivity index (χ0n) is 19.6. The number of halogens is 1. The Bertz CT molecular complexity index is 882. The predicted octanol–water partition coefficient (Wildman–Crippen LogP) is 4.43. The van der Waals surface area contributed by atoms with E-state index in [2.05, 4.69) is 42.7 Å². The molecule has 1 heterocycles. The van der Waals surface area contributed by atoms with Gasteiger partial charge in [-0.2, -0.15) is 0 Å². The van der Waals surface area contributed by atoms with Gasteiger partial charge in [0.25, 0.3) is 0 Å². The molecule has 2 N–H and O–H groups in total. The van der Waals surface area contributed by atoms with Crippen LogP contribution in [0.4, 0.5) is 0 Å². The molecule has 0 spiro atoms. The third-order valence-corrected chi connectivity index (χ3v) is 5.91. The fourth-order valence-corrected chi connectivity index (χ4v) is 4.13. The molecule has 0 amide bonds. The molecule has 0 unspecified atom stereocenters. The van der Waals surface area contributed by atoms with Crippen LogP contribution in [0.3, 0.4) is 0 Å². The van der Waals surface area contributed by atoms with Gasteiger partial charge < -0.3 is 24.8 Å². The maximum atomic E-state index is 5.74. The average Bonchev–Trinajstić information content (AvgIpc) is 2.81. The minimum absolute atomic E-state index is 0. The van der Waals surface area contributed by atoms with Gasteiger partial charge in [0.1, 0.15) is 11.5 Å². The second kappa shape index (κ2) is 12.9. The lowest BCUT2D eigenvalue weighted by Gasteiger charge is -2.39. The van der Waals surface area contributed by atoms with Crippen molar-refractivity contribution in [2.75, 3.05) is 40.5 Å². The molecule has 0 bridgehead atoms. The zero-order chi connectivity index (χ0) is 22.1. The average molecular weight is 553 g/mol. The first-order valence-corrected chi connectivity index (χ1v) is 11.0. The van der Waals surface area contributed by atoms with E-state index in [1.165, 1.54) is 11.1 Å². The molecule has 6 nitrogen and oxygen atoms in total. The zero-order valence-corrected chi connectivity index (χ0v) is 21.9. The summed E-state index contributed by atoms with van der Waals surface area (Å²) in [5.74, 6) is 2.59. The molecule has 0 aliphatic carbocycles. The molecule has 1 aliphatic rings. The van der Waals surface area contributed by atoms with E-state index in [-0.39, 0.29) is 29.4 Å². The highest BCUT2D eigenvalue weighted by atomic mass is 127. The number of rotatable bonds is 8. The van der Waals surface area contributed by atoms with E-state index in [4.69, 9.17) is 19.2 Å². The number of guanidine groups is 1. The summed E-state index contributed by atoms with van der Waals surface area (Å²) >= 11 is 0. The number of hydrogen-bond acceptors (Lipinski definition) is 4. The number of nitrogens with one attached hydrogen (secondary N) is 2. The van der Waals surface area contributed by atoms with Crippen molar-refractivity contribution in [1.82, 2.24) is 10.6 Å². The van der Waals surface area contributed by atoms with Crippen molar-refractivity contribution in [3.63, 3.8) is 0 Å². The quantitative estimate of drug-likeness (QED) is 0.288. The molecule has 32 heavy (non-hydrogen) atoms. The van der Waals surface area contributed by atoms with Crippen LogP contribution in [-0.2, 0) is 16.7 Å². The van der Waals surface area contributed by atoms with Crippen LogP contribution in [0.2, 0.25) is 0 Å². The summed E-state index contributed by atoms with van der Waals surface area (Å²) in [6.07, 6.45) is 1.87. The first kappa shape index (κ1) is 26.3. The highest BCUT2D eigenvalue weighted by molar-refractivity contribution is 14.0. The monoisotopic (exact) mass is 553 g/mol. The number of hydrogen-bond donors (Lipinski definition) is 2. The van der Waals surface area contributed by atoms with Crippen molar-refractivity contribution in [2.24, 2.45) is 4.99 Å². The molecule has 7 heteroatoms. The van der Waals surface area contributed by atoms with E-state index in [1.807, 2.05) is 24.3 Å². The van der Waals surface area contributed by atoms with E-state index in [1.54, 1.807) is 14.2 Å². The summed E-state index contributed by atoms with van der Waals surface area (Å²) in [4.78, 5) is 4.81. The molecule has 2 aromatic rings. The smallest absolute Gasteiger partial charge is 0.191 e. The third kappa shape index (κ3) is 6.51. The number of ether oxygens (including phenoxy) is 3. The number of para-hydroxylation sites is 1. The minimum Gasteiger partial charge on any atom is -0.496 e. The maximum Gasteiger partial charge on any atom is 0.191 e. The molecule has 176 valence electrons. The Morgan fingerprint density at radius 1 is 1.03 bits per heavy atom. The van der Waals surface area contributed by atoms with Crippen molar-refractivity contribution in [3.8, 4) is 11.5 Å². The van der Waals surface area contributed by atoms with Crippen molar-refractivity contribution in [3.05, 3.63) is 59.2 Å². The summed E-state index contributed by atoms with van der Waals surface area (Å²) in [5, 5.41) is 6.97. The molecular formula is C25H36IN3O3. The van der Waals surface area contributed by atoms with Crippen LogP contribution >= 0.6 is 24.0 Å². The van der Waals surface area contributed by atoms with Crippen molar-refractivity contribution >= 4 is 29.9 Å². The molecule has 3 rings (SSSR count). The number of benzene rings is 2. The van der Waals surface area contributed by atoms with E-state index in [0.717, 1.165) is 62.2 Å². The normalized spacial score (nSPS) is 15.4. The van der Waals surface area contributed by atoms with Gasteiger partial charge in [-0.15, -0.1) is 24.0 Å². The fourth-order valence-electron chi connectivity index (χ4n) is 4.13. The molecular weight excluding hydrogens is 517 g/mol. The lowest BCUT2D eigenvalue weighted by atomic mass is 9.73. The summed E-state index contributed by atoms with van der Waals surface area (Å²) in [6.45, 7) is 7.79. The Kier molecular flexibility index (Phi) is 10.6. The molecule has 1 aliphatic heterocycles. The number of aliphatic imine (C=N–C) groups is 1. The lowest BCUT2D eigenvalue weighted by molar-refractivity contribution is 0.0505. The third-order valence-electron chi connectivity index (χ3n) is 5.91. The van der Waals surface area contributed by atoms with Gasteiger partial charge in [-0.05, 0) is 38.8 Å². The van der Waals surface area contributed by atoms with Crippen LogP contribution in [-0.4, -0.2) is 46.5 Å². The van der Waals surface area contributed by atoms with Gasteiger partial charge in [-0.3, -0.25) is 0 Å². The van der Waals surface area contributed by atoms with Gasteiger partial charge in [0.2, 0.25) is 0 Å². The van der Waals surface area contributed by atoms with Crippen molar-refractivity contribution in [1.29, 1.82) is 0 Å². The maximum absolute atomic E-state index is 5.74. The van der Waals surface area contributed by atoms with Crippen molar-refractivity contribution in [2.45, 2.75) is 38.6 Å². The van der Waals surface area contributed by atoms with E-state index >= 15 is 0 Å². The largest absolute Gasteiger partial charge is 0.496 e. The van der Waals surface area contributed by atoms with Crippen LogP contribution in [0.15, 0.2) is 47.5 Å². The topological polar surface area (TPSA) is 64.1 Å². The molecule has 1 saturated heterocycles. The van der Waals surface area contributed by atoms with E-state index < -0.39 is 0 Å². The predicted molar refractivity (Wildman–Crippen MR) is 141 cm³/mol. The number of aryl methyl sites for hydroxylation is 1. The molecule has 0 atom stereocenters. The molecule has 1 fully saturated rings. The van der Waals surface area contributed by atoms with Crippen LogP contribution in [0.25, 0.3) is 0 Å². The summed E-state index contributed by atoms with van der Waals surface area (Å²) < 4.78 is 16.9. The standard InChI is InChI=1S/C25H35N3O3.HI/c1-5-26-24(27-17-20-8-6-7-9-22(20)29-3)28-18-25(12-14-31-15-13-25)21-16-19(2)10-11-23(21)30-4;/h6-11,16H,5,12-15,17-18H2,1-4H3,(H2,26,27,28);1H. The number of methoxy groups -OCH3 is 2. The van der Waals surface area contributed by atoms with Gasteiger partial charge in [0, 0.05) is 42.8 Å². The summed E-state index contributed by atoms with van der Waals surface area (Å²) in [6, 6.07) is 14.4. The first-order chi connectivity index (χ1) is 15.1. The second-order valence-corrected chi connectivity index (χ2v) is 7.96. The van der Waals surface area contributed by atoms with Gasteiger partial charge in [-0.25, -0.2) is 4.99 Å². The Hall–Kier alpha value is -2.00. The molecule has 0 aromatic heterocycles. The van der Waals surface area contributed by atoms with Gasteiger partial charge in [-0.1, -0.05) is 35.9 Å². The summed E-state index contributed by atoms with van der Waals surface area (Å²) in [5.41, 5.74) is 3.46. The summed E-state index contributed by atoms with van der Waals surface area (Å²) in [7, 11) is 3.43. The number of nitrogens with zero attached hydrogens (tertiary/aromatic N) is 1. The Morgan fingerprint density at radius 3 is 2.44 bits per heavy atom. The van der Waals surface area contributed by atoms with Crippen molar-refractivity contribution < 1.29 is 14.2 Å². The van der Waals surface area contributed by atoms with Crippen LogP contribution in [0.1, 0.15) is 36.5 Å². The molecule has 0 radical (unpaired) electrons. The van der Waals surface area contributed by atoms with Crippen LogP contribution in [0, 0.1) is 6.92 Å². The fraction of sp³-hybridized carbons (Fsp3) is 0.480. The highest BCUT2D eigenvalue weighted by Gasteiger charge is 2.37. The lowest BCUT2D eigenvalue weighted by Crippen LogP contribution is -2.48. The van der Waals surface area contributed by atoms with Gasteiger partial charge >= 0.3 is 0 Å². The molecule has 2 aromatic carbocycles. The Labute approximate surface area is 209 Å². The Morgan fingerprint density at radius 2 is 1.75 bits per heavy atom. The minimum atomic E-state index is -0.0732. The highest BCUT2D eigenvalue weighted by Crippen LogP contribution is 2.40. The van der Waals surface area contributed by atoms with Gasteiger partial charge in [0.05, 0.1) is 20.8 Å². The van der Waals surface area contributed by atoms with E-state index in [0.29, 0.717) is 6.54 Å². The SMILES string of the molecule is CCNC(=NCc1ccccc1OC)NCC1(c2cc(C)ccc2OC)CCOCC1.I. The second-order valence-electron chi connectivity index (χ2n) is 7.96.